The highest BCUT2D eigenvalue weighted by Gasteiger charge is 2.22. The first kappa shape index (κ1) is 13.2. The Labute approximate surface area is 111 Å². The van der Waals surface area contributed by atoms with Crippen LogP contribution in [0.3, 0.4) is 0 Å². The van der Waals surface area contributed by atoms with Gasteiger partial charge in [0.05, 0.1) is 5.54 Å². The second-order valence-electron chi connectivity index (χ2n) is 4.89. The molecule has 0 aliphatic heterocycles. The van der Waals surface area contributed by atoms with E-state index < -0.39 is 0 Å². The zero-order valence-corrected chi connectivity index (χ0v) is 11.6. The highest BCUT2D eigenvalue weighted by atomic mass is 32.1. The van der Waals surface area contributed by atoms with Gasteiger partial charge in [-0.05, 0) is 44.0 Å². The fraction of sp³-hybridized carbons (Fsp3) is 0.357. The normalized spacial score (nSPS) is 11.8. The van der Waals surface area contributed by atoms with Crippen LogP contribution in [0.25, 0.3) is 0 Å². The molecule has 0 bridgehead atoms. The third kappa shape index (κ3) is 2.94. The lowest BCUT2D eigenvalue weighted by Gasteiger charge is -2.24. The molecule has 2 nitrogen and oxygen atoms in total. The molecule has 0 aliphatic carbocycles. The molecular formula is C14H17FN2S. The van der Waals surface area contributed by atoms with Crippen LogP contribution in [0.4, 0.5) is 4.39 Å². The van der Waals surface area contributed by atoms with E-state index in [1.54, 1.807) is 23.6 Å². The van der Waals surface area contributed by atoms with Gasteiger partial charge in [0.25, 0.3) is 0 Å². The van der Waals surface area contributed by atoms with Crippen LogP contribution in [0.2, 0.25) is 0 Å². The molecule has 0 spiro atoms. The number of aromatic nitrogens is 1. The Balaban J connectivity index is 2.09. The summed E-state index contributed by atoms with van der Waals surface area (Å²) in [5.41, 5.74) is 1.88. The van der Waals surface area contributed by atoms with E-state index in [0.29, 0.717) is 6.54 Å². The van der Waals surface area contributed by atoms with Crippen LogP contribution in [-0.2, 0) is 12.1 Å². The molecule has 0 aliphatic rings. The molecule has 1 N–H and O–H groups in total. The van der Waals surface area contributed by atoms with Crippen LogP contribution < -0.4 is 5.32 Å². The van der Waals surface area contributed by atoms with Crippen molar-refractivity contribution in [3.63, 3.8) is 0 Å². The van der Waals surface area contributed by atoms with Crippen molar-refractivity contribution in [1.29, 1.82) is 0 Å². The number of benzene rings is 1. The SMILES string of the molecule is Cc1ccc(F)cc1CNC(C)(C)c1nccs1. The largest absolute Gasteiger partial charge is 0.302 e. The van der Waals surface area contributed by atoms with Gasteiger partial charge in [-0.2, -0.15) is 0 Å². The first-order chi connectivity index (χ1) is 8.49. The zero-order chi connectivity index (χ0) is 13.2. The summed E-state index contributed by atoms with van der Waals surface area (Å²) < 4.78 is 13.2. The molecule has 2 rings (SSSR count). The van der Waals surface area contributed by atoms with Gasteiger partial charge in [-0.1, -0.05) is 6.07 Å². The fourth-order valence-electron chi connectivity index (χ4n) is 1.75. The third-order valence-corrected chi connectivity index (χ3v) is 4.10. The lowest BCUT2D eigenvalue weighted by molar-refractivity contribution is 0.398. The van der Waals surface area contributed by atoms with Gasteiger partial charge in [0.2, 0.25) is 0 Å². The number of halogens is 1. The van der Waals surface area contributed by atoms with Crippen molar-refractivity contribution in [2.24, 2.45) is 0 Å². The molecule has 0 saturated heterocycles. The molecule has 0 atom stereocenters. The summed E-state index contributed by atoms with van der Waals surface area (Å²) in [5, 5.41) is 6.43. The van der Waals surface area contributed by atoms with Crippen LogP contribution in [0, 0.1) is 12.7 Å². The predicted octanol–water partition coefficient (Wildman–Crippen LogP) is 3.62. The van der Waals surface area contributed by atoms with Crippen molar-refractivity contribution in [1.82, 2.24) is 10.3 Å². The van der Waals surface area contributed by atoms with E-state index in [4.69, 9.17) is 0 Å². The molecule has 1 heterocycles. The average Bonchev–Trinajstić information content (AvgIpc) is 2.85. The number of thiazole rings is 1. The number of hydrogen-bond donors (Lipinski definition) is 1. The lowest BCUT2D eigenvalue weighted by Crippen LogP contribution is -2.36. The molecule has 0 amide bonds. The van der Waals surface area contributed by atoms with Crippen molar-refractivity contribution in [2.75, 3.05) is 0 Å². The van der Waals surface area contributed by atoms with Crippen molar-refractivity contribution in [3.8, 4) is 0 Å². The molecule has 0 radical (unpaired) electrons. The highest BCUT2D eigenvalue weighted by molar-refractivity contribution is 7.09. The van der Waals surface area contributed by atoms with Gasteiger partial charge in [0, 0.05) is 18.1 Å². The smallest absolute Gasteiger partial charge is 0.123 e. The van der Waals surface area contributed by atoms with Crippen molar-refractivity contribution >= 4 is 11.3 Å². The Kier molecular flexibility index (Phi) is 3.78. The maximum absolute atomic E-state index is 13.2. The van der Waals surface area contributed by atoms with Crippen LogP contribution in [-0.4, -0.2) is 4.98 Å². The first-order valence-electron chi connectivity index (χ1n) is 5.89. The quantitative estimate of drug-likeness (QED) is 0.912. The predicted molar refractivity (Wildman–Crippen MR) is 73.1 cm³/mol. The summed E-state index contributed by atoms with van der Waals surface area (Å²) in [4.78, 5) is 4.32. The fourth-order valence-corrected chi connectivity index (χ4v) is 2.49. The van der Waals surface area contributed by atoms with Gasteiger partial charge in [0.1, 0.15) is 10.8 Å². The standard InChI is InChI=1S/C14H17FN2S/c1-10-4-5-12(15)8-11(10)9-17-14(2,3)13-16-6-7-18-13/h4-8,17H,9H2,1-3H3. The van der Waals surface area contributed by atoms with Crippen molar-refractivity contribution in [3.05, 3.63) is 51.7 Å². The number of rotatable bonds is 4. The summed E-state index contributed by atoms with van der Waals surface area (Å²) in [6.07, 6.45) is 1.80. The second kappa shape index (κ2) is 5.16. The minimum absolute atomic E-state index is 0.190. The summed E-state index contributed by atoms with van der Waals surface area (Å²) in [6.45, 7) is 6.80. The summed E-state index contributed by atoms with van der Waals surface area (Å²) in [7, 11) is 0. The van der Waals surface area contributed by atoms with E-state index in [1.807, 2.05) is 18.4 Å². The Morgan fingerprint density at radius 1 is 1.39 bits per heavy atom. The third-order valence-electron chi connectivity index (χ3n) is 3.00. The van der Waals surface area contributed by atoms with Gasteiger partial charge in [-0.15, -0.1) is 11.3 Å². The van der Waals surface area contributed by atoms with Crippen molar-refractivity contribution < 1.29 is 4.39 Å². The number of nitrogens with one attached hydrogen (secondary N) is 1. The Hall–Kier alpha value is -1.26. The van der Waals surface area contributed by atoms with Crippen LogP contribution in [0.15, 0.2) is 29.8 Å². The van der Waals surface area contributed by atoms with E-state index in [0.717, 1.165) is 16.1 Å². The molecular weight excluding hydrogens is 247 g/mol. The maximum atomic E-state index is 13.2. The van der Waals surface area contributed by atoms with Crippen molar-refractivity contribution in [2.45, 2.75) is 32.9 Å². The maximum Gasteiger partial charge on any atom is 0.123 e. The molecule has 18 heavy (non-hydrogen) atoms. The lowest BCUT2D eigenvalue weighted by atomic mass is 10.0. The molecule has 0 saturated carbocycles. The topological polar surface area (TPSA) is 24.9 Å². The first-order valence-corrected chi connectivity index (χ1v) is 6.77. The van der Waals surface area contributed by atoms with E-state index >= 15 is 0 Å². The van der Waals surface area contributed by atoms with E-state index in [2.05, 4.69) is 24.1 Å². The van der Waals surface area contributed by atoms with Gasteiger partial charge in [0.15, 0.2) is 0 Å². The number of hydrogen-bond acceptors (Lipinski definition) is 3. The minimum Gasteiger partial charge on any atom is -0.302 e. The van der Waals surface area contributed by atoms with E-state index in [1.165, 1.54) is 6.07 Å². The summed E-state index contributed by atoms with van der Waals surface area (Å²) in [5.74, 6) is -0.190. The molecule has 1 aromatic carbocycles. The molecule has 2 aromatic rings. The molecule has 96 valence electrons. The van der Waals surface area contributed by atoms with Crippen LogP contribution in [0.1, 0.15) is 30.0 Å². The molecule has 1 aromatic heterocycles. The van der Waals surface area contributed by atoms with E-state index in [-0.39, 0.29) is 11.4 Å². The Morgan fingerprint density at radius 2 is 2.17 bits per heavy atom. The molecule has 4 heteroatoms. The van der Waals surface area contributed by atoms with Gasteiger partial charge in [-0.25, -0.2) is 9.37 Å². The average molecular weight is 264 g/mol. The minimum atomic E-state index is -0.201. The second-order valence-corrected chi connectivity index (χ2v) is 5.78. The van der Waals surface area contributed by atoms with E-state index in [9.17, 15) is 4.39 Å². The summed E-state index contributed by atoms with van der Waals surface area (Å²) >= 11 is 1.62. The monoisotopic (exact) mass is 264 g/mol. The van der Waals surface area contributed by atoms with Crippen LogP contribution >= 0.6 is 11.3 Å². The van der Waals surface area contributed by atoms with Gasteiger partial charge in [-0.3, -0.25) is 0 Å². The zero-order valence-electron chi connectivity index (χ0n) is 10.8. The Bertz CT molecular complexity index is 521. The van der Waals surface area contributed by atoms with Gasteiger partial charge < -0.3 is 5.32 Å². The van der Waals surface area contributed by atoms with Crippen LogP contribution in [0.5, 0.6) is 0 Å². The number of nitrogens with zero attached hydrogens (tertiary/aromatic N) is 1. The highest BCUT2D eigenvalue weighted by Crippen LogP contribution is 2.23. The summed E-state index contributed by atoms with van der Waals surface area (Å²) in [6, 6.07) is 4.88. The number of aryl methyl sites for hydroxylation is 1. The Morgan fingerprint density at radius 3 is 2.83 bits per heavy atom. The molecule has 0 fully saturated rings. The van der Waals surface area contributed by atoms with Gasteiger partial charge >= 0.3 is 0 Å². The molecule has 0 unspecified atom stereocenters.